The number of aliphatic imine (C=N–C) groups is 1. The van der Waals surface area contributed by atoms with Gasteiger partial charge in [-0.3, -0.25) is 15.2 Å². The van der Waals surface area contributed by atoms with E-state index in [9.17, 15) is 4.79 Å². The molecular formula is C18H19N3O2. The van der Waals surface area contributed by atoms with Crippen LogP contribution in [0.25, 0.3) is 0 Å². The van der Waals surface area contributed by atoms with Crippen molar-refractivity contribution >= 4 is 23.2 Å². The molecule has 1 atom stereocenters. The van der Waals surface area contributed by atoms with Crippen LogP contribution in [-0.4, -0.2) is 23.5 Å². The van der Waals surface area contributed by atoms with Crippen LogP contribution in [0.2, 0.25) is 0 Å². The molecule has 1 unspecified atom stereocenters. The fraction of sp³-hybridized carbons (Fsp3) is 0.222. The molecule has 2 N–H and O–H groups in total. The zero-order valence-corrected chi connectivity index (χ0v) is 12.9. The van der Waals surface area contributed by atoms with Gasteiger partial charge in [0, 0.05) is 13.0 Å². The number of carboxylic acid groups (broad SMARTS) is 1. The fourth-order valence-electron chi connectivity index (χ4n) is 2.50. The first-order chi connectivity index (χ1) is 11.1. The number of anilines is 1. The molecule has 5 nitrogen and oxygen atoms in total. The van der Waals surface area contributed by atoms with Gasteiger partial charge in [0.2, 0.25) is 0 Å². The summed E-state index contributed by atoms with van der Waals surface area (Å²) in [6, 6.07) is 17.5. The average Bonchev–Trinajstić information content (AvgIpc) is 3.04. The Morgan fingerprint density at radius 1 is 1.17 bits per heavy atom. The largest absolute Gasteiger partial charge is 0.481 e. The molecule has 0 aromatic heterocycles. The van der Waals surface area contributed by atoms with Crippen molar-refractivity contribution in [2.45, 2.75) is 19.3 Å². The highest BCUT2D eigenvalue weighted by Gasteiger charge is 2.17. The number of aliphatic carboxylic acids is 1. The number of carboxylic acids is 1. The van der Waals surface area contributed by atoms with Crippen LogP contribution in [0.1, 0.15) is 24.8 Å². The minimum absolute atomic E-state index is 0.505. The number of hydrogen-bond acceptors (Lipinski definition) is 3. The number of hydrazine groups is 1. The SMILES string of the molecule is CC(C(=O)O)c1ccc(N=C2CCN(c3ccccc3)N2)cc1. The molecule has 0 radical (unpaired) electrons. The molecule has 23 heavy (non-hydrogen) atoms. The Labute approximate surface area is 135 Å². The lowest BCUT2D eigenvalue weighted by Crippen LogP contribution is -2.32. The zero-order valence-electron chi connectivity index (χ0n) is 12.9. The molecule has 1 aliphatic heterocycles. The van der Waals surface area contributed by atoms with E-state index in [4.69, 9.17) is 5.11 Å². The van der Waals surface area contributed by atoms with Gasteiger partial charge in [-0.1, -0.05) is 30.3 Å². The van der Waals surface area contributed by atoms with E-state index in [0.717, 1.165) is 35.7 Å². The summed E-state index contributed by atoms with van der Waals surface area (Å²) in [5, 5.41) is 11.1. The van der Waals surface area contributed by atoms with Crippen molar-refractivity contribution in [3.8, 4) is 0 Å². The van der Waals surface area contributed by atoms with Gasteiger partial charge < -0.3 is 5.11 Å². The van der Waals surface area contributed by atoms with Crippen LogP contribution in [0.3, 0.4) is 0 Å². The smallest absolute Gasteiger partial charge is 0.310 e. The Hall–Kier alpha value is -2.82. The summed E-state index contributed by atoms with van der Waals surface area (Å²) < 4.78 is 0. The number of para-hydroxylation sites is 1. The molecule has 5 heteroatoms. The minimum atomic E-state index is -0.819. The highest BCUT2D eigenvalue weighted by Crippen LogP contribution is 2.21. The first-order valence-corrected chi connectivity index (χ1v) is 7.63. The molecule has 1 heterocycles. The van der Waals surface area contributed by atoms with Gasteiger partial charge in [0.25, 0.3) is 0 Å². The molecule has 0 aliphatic carbocycles. The molecule has 118 valence electrons. The fourth-order valence-corrected chi connectivity index (χ4v) is 2.50. The highest BCUT2D eigenvalue weighted by molar-refractivity contribution is 5.89. The van der Waals surface area contributed by atoms with Crippen LogP contribution >= 0.6 is 0 Å². The van der Waals surface area contributed by atoms with E-state index in [-0.39, 0.29) is 0 Å². The maximum atomic E-state index is 11.0. The number of benzene rings is 2. The maximum absolute atomic E-state index is 11.0. The second kappa shape index (κ2) is 6.52. The maximum Gasteiger partial charge on any atom is 0.310 e. The van der Waals surface area contributed by atoms with Gasteiger partial charge in [-0.05, 0) is 36.8 Å². The third-order valence-electron chi connectivity index (χ3n) is 3.93. The van der Waals surface area contributed by atoms with Gasteiger partial charge >= 0.3 is 5.97 Å². The van der Waals surface area contributed by atoms with Crippen LogP contribution in [0.5, 0.6) is 0 Å². The molecule has 0 amide bonds. The number of amidine groups is 1. The lowest BCUT2D eigenvalue weighted by atomic mass is 10.0. The van der Waals surface area contributed by atoms with E-state index >= 15 is 0 Å². The van der Waals surface area contributed by atoms with Gasteiger partial charge in [-0.25, -0.2) is 4.99 Å². The van der Waals surface area contributed by atoms with Gasteiger partial charge in [0.1, 0.15) is 5.84 Å². The van der Waals surface area contributed by atoms with E-state index in [2.05, 4.69) is 27.6 Å². The number of carbonyl (C=O) groups is 1. The third kappa shape index (κ3) is 3.51. The Morgan fingerprint density at radius 3 is 2.52 bits per heavy atom. The standard InChI is InChI=1S/C18H19N3O2/c1-13(18(22)23)14-7-9-15(10-8-14)19-17-11-12-21(20-17)16-5-3-2-4-6-16/h2-10,13H,11-12H2,1H3,(H,19,20)(H,22,23). The Balaban J connectivity index is 1.69. The van der Waals surface area contributed by atoms with Gasteiger partial charge in [0.15, 0.2) is 0 Å². The second-order valence-electron chi connectivity index (χ2n) is 5.56. The van der Waals surface area contributed by atoms with Crippen molar-refractivity contribution in [2.24, 2.45) is 4.99 Å². The van der Waals surface area contributed by atoms with Crippen molar-refractivity contribution in [3.05, 3.63) is 60.2 Å². The highest BCUT2D eigenvalue weighted by atomic mass is 16.4. The molecule has 2 aromatic rings. The Bertz CT molecular complexity index is 711. The molecule has 2 aromatic carbocycles. The van der Waals surface area contributed by atoms with Gasteiger partial charge in [-0.15, -0.1) is 0 Å². The summed E-state index contributed by atoms with van der Waals surface area (Å²) in [7, 11) is 0. The van der Waals surface area contributed by atoms with Crippen LogP contribution in [0.4, 0.5) is 11.4 Å². The van der Waals surface area contributed by atoms with E-state index in [1.807, 2.05) is 42.5 Å². The predicted octanol–water partition coefficient (Wildman–Crippen LogP) is 3.32. The molecule has 1 fully saturated rings. The molecule has 0 bridgehead atoms. The van der Waals surface area contributed by atoms with Crippen molar-refractivity contribution < 1.29 is 9.90 Å². The zero-order chi connectivity index (χ0) is 16.2. The summed E-state index contributed by atoms with van der Waals surface area (Å²) in [6.07, 6.45) is 0.849. The van der Waals surface area contributed by atoms with E-state index in [0.29, 0.717) is 0 Å². The van der Waals surface area contributed by atoms with E-state index in [1.54, 1.807) is 6.92 Å². The summed E-state index contributed by atoms with van der Waals surface area (Å²) in [5.74, 6) is -0.414. The van der Waals surface area contributed by atoms with Crippen LogP contribution in [0, 0.1) is 0 Å². The number of nitrogens with zero attached hydrogens (tertiary/aromatic N) is 2. The van der Waals surface area contributed by atoms with Crippen LogP contribution in [0.15, 0.2) is 59.6 Å². The topological polar surface area (TPSA) is 64.9 Å². The number of rotatable bonds is 4. The normalized spacial score (nSPS) is 17.1. The van der Waals surface area contributed by atoms with Crippen LogP contribution < -0.4 is 10.4 Å². The summed E-state index contributed by atoms with van der Waals surface area (Å²) >= 11 is 0. The lowest BCUT2D eigenvalue weighted by Gasteiger charge is -2.17. The monoisotopic (exact) mass is 309 g/mol. The second-order valence-corrected chi connectivity index (χ2v) is 5.56. The quantitative estimate of drug-likeness (QED) is 0.909. The molecule has 0 spiro atoms. The van der Waals surface area contributed by atoms with Crippen molar-refractivity contribution in [2.75, 3.05) is 11.6 Å². The van der Waals surface area contributed by atoms with Crippen molar-refractivity contribution in [1.29, 1.82) is 0 Å². The molecule has 1 saturated heterocycles. The summed E-state index contributed by atoms with van der Waals surface area (Å²) in [5.41, 5.74) is 6.02. The van der Waals surface area contributed by atoms with Gasteiger partial charge in [-0.2, -0.15) is 0 Å². The molecule has 0 saturated carbocycles. The van der Waals surface area contributed by atoms with E-state index in [1.165, 1.54) is 0 Å². The lowest BCUT2D eigenvalue weighted by molar-refractivity contribution is -0.138. The van der Waals surface area contributed by atoms with Crippen molar-refractivity contribution in [3.63, 3.8) is 0 Å². The number of hydrogen-bond donors (Lipinski definition) is 2. The predicted molar refractivity (Wildman–Crippen MR) is 91.1 cm³/mol. The first-order valence-electron chi connectivity index (χ1n) is 7.63. The van der Waals surface area contributed by atoms with Gasteiger partial charge in [0.05, 0.1) is 17.3 Å². The molecule has 1 aliphatic rings. The summed E-state index contributed by atoms with van der Waals surface area (Å²) in [4.78, 5) is 15.6. The van der Waals surface area contributed by atoms with Crippen molar-refractivity contribution in [1.82, 2.24) is 5.43 Å². The first kappa shape index (κ1) is 15.1. The van der Waals surface area contributed by atoms with Crippen LogP contribution in [-0.2, 0) is 4.79 Å². The number of nitrogens with one attached hydrogen (secondary N) is 1. The Morgan fingerprint density at radius 2 is 1.87 bits per heavy atom. The van der Waals surface area contributed by atoms with E-state index < -0.39 is 11.9 Å². The summed E-state index contributed by atoms with van der Waals surface area (Å²) in [6.45, 7) is 2.55. The minimum Gasteiger partial charge on any atom is -0.481 e. The molecule has 3 rings (SSSR count). The molecular weight excluding hydrogens is 290 g/mol. The average molecular weight is 309 g/mol. The Kier molecular flexibility index (Phi) is 4.28. The third-order valence-corrected chi connectivity index (χ3v) is 3.93.